The van der Waals surface area contributed by atoms with Crippen LogP contribution in [-0.2, 0) is 0 Å². The van der Waals surface area contributed by atoms with Gasteiger partial charge in [0.05, 0.1) is 11.6 Å². The average molecular weight is 283 g/mol. The Bertz CT molecular complexity index is 630. The highest BCUT2D eigenvalue weighted by Gasteiger charge is 2.36. The SMILES string of the molecule is CC(C)(C)N1CCCC(N)C1c1ccc2ncccc2c1. The van der Waals surface area contributed by atoms with Gasteiger partial charge in [-0.2, -0.15) is 0 Å². The van der Waals surface area contributed by atoms with E-state index < -0.39 is 0 Å². The smallest absolute Gasteiger partial charge is 0.0702 e. The number of nitrogens with two attached hydrogens (primary N) is 1. The minimum Gasteiger partial charge on any atom is -0.326 e. The zero-order chi connectivity index (χ0) is 15.0. The van der Waals surface area contributed by atoms with Crippen LogP contribution in [-0.4, -0.2) is 28.0 Å². The maximum absolute atomic E-state index is 6.48. The van der Waals surface area contributed by atoms with Crippen molar-refractivity contribution in [1.29, 1.82) is 0 Å². The quantitative estimate of drug-likeness (QED) is 0.871. The third-order valence-electron chi connectivity index (χ3n) is 4.51. The molecule has 0 aliphatic carbocycles. The van der Waals surface area contributed by atoms with Gasteiger partial charge >= 0.3 is 0 Å². The lowest BCUT2D eigenvalue weighted by molar-refractivity contribution is 0.0385. The first kappa shape index (κ1) is 14.5. The van der Waals surface area contributed by atoms with Crippen LogP contribution in [0.1, 0.15) is 45.2 Å². The Morgan fingerprint density at radius 1 is 1.24 bits per heavy atom. The van der Waals surface area contributed by atoms with Gasteiger partial charge in [-0.15, -0.1) is 0 Å². The predicted molar refractivity (Wildman–Crippen MR) is 88.2 cm³/mol. The molecule has 0 saturated carbocycles. The van der Waals surface area contributed by atoms with E-state index in [1.807, 2.05) is 12.3 Å². The number of fused-ring (bicyclic) bond motifs is 1. The van der Waals surface area contributed by atoms with E-state index in [0.29, 0.717) is 6.04 Å². The molecular formula is C18H25N3. The van der Waals surface area contributed by atoms with E-state index in [2.05, 4.69) is 54.9 Å². The fraction of sp³-hybridized carbons (Fsp3) is 0.500. The standard InChI is InChI=1S/C18H25N3/c1-18(2,3)21-11-5-7-15(19)17(21)14-8-9-16-13(12-14)6-4-10-20-16/h4,6,8-10,12,15,17H,5,7,11,19H2,1-3H3. The highest BCUT2D eigenvalue weighted by molar-refractivity contribution is 5.79. The molecule has 1 saturated heterocycles. The van der Waals surface area contributed by atoms with Gasteiger partial charge in [0.1, 0.15) is 0 Å². The summed E-state index contributed by atoms with van der Waals surface area (Å²) in [4.78, 5) is 6.96. The van der Waals surface area contributed by atoms with Gasteiger partial charge in [-0.25, -0.2) is 0 Å². The summed E-state index contributed by atoms with van der Waals surface area (Å²) < 4.78 is 0. The van der Waals surface area contributed by atoms with Gasteiger partial charge < -0.3 is 5.73 Å². The maximum Gasteiger partial charge on any atom is 0.0702 e. The summed E-state index contributed by atoms with van der Waals surface area (Å²) in [5.41, 5.74) is 8.98. The van der Waals surface area contributed by atoms with Crippen LogP contribution in [0.15, 0.2) is 36.5 Å². The molecule has 21 heavy (non-hydrogen) atoms. The molecule has 2 atom stereocenters. The van der Waals surface area contributed by atoms with Crippen molar-refractivity contribution in [2.24, 2.45) is 5.73 Å². The summed E-state index contributed by atoms with van der Waals surface area (Å²) in [5.74, 6) is 0. The molecule has 0 amide bonds. The van der Waals surface area contributed by atoms with E-state index in [4.69, 9.17) is 5.73 Å². The third-order valence-corrected chi connectivity index (χ3v) is 4.51. The molecule has 1 aromatic heterocycles. The van der Waals surface area contributed by atoms with Gasteiger partial charge in [0.15, 0.2) is 0 Å². The molecular weight excluding hydrogens is 258 g/mol. The maximum atomic E-state index is 6.48. The van der Waals surface area contributed by atoms with Crippen LogP contribution in [0, 0.1) is 0 Å². The molecule has 3 nitrogen and oxygen atoms in total. The average Bonchev–Trinajstić information content (AvgIpc) is 2.45. The number of piperidine rings is 1. The van der Waals surface area contributed by atoms with Crippen LogP contribution in [0.25, 0.3) is 10.9 Å². The molecule has 1 aliphatic heterocycles. The van der Waals surface area contributed by atoms with E-state index in [0.717, 1.165) is 18.5 Å². The monoisotopic (exact) mass is 283 g/mol. The molecule has 2 N–H and O–H groups in total. The first-order valence-corrected chi connectivity index (χ1v) is 7.84. The van der Waals surface area contributed by atoms with Crippen molar-refractivity contribution >= 4 is 10.9 Å². The molecule has 0 bridgehead atoms. The van der Waals surface area contributed by atoms with Crippen molar-refractivity contribution < 1.29 is 0 Å². The normalized spacial score (nSPS) is 24.4. The van der Waals surface area contributed by atoms with Gasteiger partial charge in [0.2, 0.25) is 0 Å². The molecule has 2 unspecified atom stereocenters. The van der Waals surface area contributed by atoms with Gasteiger partial charge in [0.25, 0.3) is 0 Å². The lowest BCUT2D eigenvalue weighted by Crippen LogP contribution is -2.53. The second-order valence-electron chi connectivity index (χ2n) is 7.07. The predicted octanol–water partition coefficient (Wildman–Crippen LogP) is 3.50. The fourth-order valence-electron chi connectivity index (χ4n) is 3.48. The number of benzene rings is 1. The second kappa shape index (κ2) is 5.39. The highest BCUT2D eigenvalue weighted by atomic mass is 15.2. The van der Waals surface area contributed by atoms with Gasteiger partial charge in [0, 0.05) is 23.2 Å². The molecule has 0 spiro atoms. The van der Waals surface area contributed by atoms with Gasteiger partial charge in [-0.1, -0.05) is 12.1 Å². The molecule has 2 heterocycles. The number of aromatic nitrogens is 1. The number of hydrogen-bond acceptors (Lipinski definition) is 3. The minimum absolute atomic E-state index is 0.132. The molecule has 0 radical (unpaired) electrons. The lowest BCUT2D eigenvalue weighted by atomic mass is 9.86. The Kier molecular flexibility index (Phi) is 3.72. The van der Waals surface area contributed by atoms with Crippen LogP contribution in [0.2, 0.25) is 0 Å². The Morgan fingerprint density at radius 2 is 2.05 bits per heavy atom. The van der Waals surface area contributed by atoms with Crippen LogP contribution in [0.5, 0.6) is 0 Å². The van der Waals surface area contributed by atoms with Gasteiger partial charge in [-0.05, 0) is 63.9 Å². The Hall–Kier alpha value is -1.45. The van der Waals surface area contributed by atoms with Crippen LogP contribution >= 0.6 is 0 Å². The fourth-order valence-corrected chi connectivity index (χ4v) is 3.48. The van der Waals surface area contributed by atoms with Crippen molar-refractivity contribution in [2.75, 3.05) is 6.54 Å². The van der Waals surface area contributed by atoms with Gasteiger partial charge in [-0.3, -0.25) is 9.88 Å². The van der Waals surface area contributed by atoms with Crippen molar-refractivity contribution in [3.8, 4) is 0 Å². The Morgan fingerprint density at radius 3 is 2.81 bits per heavy atom. The van der Waals surface area contributed by atoms with Crippen LogP contribution in [0.3, 0.4) is 0 Å². The molecule has 112 valence electrons. The highest BCUT2D eigenvalue weighted by Crippen LogP contribution is 2.36. The van der Waals surface area contributed by atoms with Crippen LogP contribution in [0.4, 0.5) is 0 Å². The van der Waals surface area contributed by atoms with Crippen molar-refractivity contribution in [3.05, 3.63) is 42.1 Å². The minimum atomic E-state index is 0.132. The summed E-state index contributed by atoms with van der Waals surface area (Å²) in [7, 11) is 0. The summed E-state index contributed by atoms with van der Waals surface area (Å²) in [6, 6.07) is 11.2. The van der Waals surface area contributed by atoms with E-state index in [1.165, 1.54) is 17.4 Å². The first-order chi connectivity index (χ1) is 9.97. The second-order valence-corrected chi connectivity index (χ2v) is 7.07. The third kappa shape index (κ3) is 2.81. The molecule has 1 fully saturated rings. The molecule has 3 rings (SSSR count). The lowest BCUT2D eigenvalue weighted by Gasteiger charge is -2.47. The number of pyridine rings is 1. The van der Waals surface area contributed by atoms with E-state index in [-0.39, 0.29) is 11.6 Å². The Labute approximate surface area is 127 Å². The van der Waals surface area contributed by atoms with E-state index in [9.17, 15) is 0 Å². The summed E-state index contributed by atoms with van der Waals surface area (Å²) >= 11 is 0. The first-order valence-electron chi connectivity index (χ1n) is 7.84. The zero-order valence-corrected chi connectivity index (χ0v) is 13.2. The molecule has 2 aromatic rings. The van der Waals surface area contributed by atoms with E-state index in [1.54, 1.807) is 0 Å². The molecule has 1 aliphatic rings. The topological polar surface area (TPSA) is 42.1 Å². The van der Waals surface area contributed by atoms with Crippen molar-refractivity contribution in [2.45, 2.75) is 51.2 Å². The molecule has 3 heteroatoms. The molecule has 1 aromatic carbocycles. The van der Waals surface area contributed by atoms with Crippen molar-refractivity contribution in [1.82, 2.24) is 9.88 Å². The largest absolute Gasteiger partial charge is 0.326 e. The van der Waals surface area contributed by atoms with Crippen molar-refractivity contribution in [3.63, 3.8) is 0 Å². The van der Waals surface area contributed by atoms with E-state index >= 15 is 0 Å². The zero-order valence-electron chi connectivity index (χ0n) is 13.2. The summed E-state index contributed by atoms with van der Waals surface area (Å²) in [6.45, 7) is 7.95. The number of nitrogens with zero attached hydrogens (tertiary/aromatic N) is 2. The van der Waals surface area contributed by atoms with Crippen LogP contribution < -0.4 is 5.73 Å². The Balaban J connectivity index is 2.04. The number of rotatable bonds is 1. The number of hydrogen-bond donors (Lipinski definition) is 1. The number of likely N-dealkylation sites (tertiary alicyclic amines) is 1. The summed E-state index contributed by atoms with van der Waals surface area (Å²) in [5, 5.41) is 1.20. The summed E-state index contributed by atoms with van der Waals surface area (Å²) in [6.07, 6.45) is 4.13.